The second-order valence-electron chi connectivity index (χ2n) is 5.76. The molecule has 4 rings (SSSR count). The molecule has 2 aromatic carbocycles. The summed E-state index contributed by atoms with van der Waals surface area (Å²) in [7, 11) is 1.83. The average molecular weight is 379 g/mol. The molecule has 8 nitrogen and oxygen atoms in total. The summed E-state index contributed by atoms with van der Waals surface area (Å²) < 4.78 is 4.36. The molecule has 0 aliphatic rings. The molecule has 9 heteroatoms. The maximum Gasteiger partial charge on any atom is 0.294 e. The number of carbonyl (C=O) groups excluding carboxylic acids is 1. The highest BCUT2D eigenvalue weighted by Crippen LogP contribution is 2.24. The van der Waals surface area contributed by atoms with Gasteiger partial charge in [0, 0.05) is 31.1 Å². The number of nitro groups is 1. The standard InChI is InChI=1S/C18H13N5O3S/c1-21-14-4-2-3-5-16(14)27-18(21)20-17(24)12-6-7-13(15(10-12)23(25)26)22-9-8-19-11-22/h2-11H,1H3. The molecule has 0 radical (unpaired) electrons. The fourth-order valence-electron chi connectivity index (χ4n) is 2.76. The Hall–Kier alpha value is -3.59. The zero-order chi connectivity index (χ0) is 19.0. The number of benzene rings is 2. The molecule has 0 saturated carbocycles. The molecule has 0 atom stereocenters. The third kappa shape index (κ3) is 3.04. The van der Waals surface area contributed by atoms with Crippen LogP contribution in [0.5, 0.6) is 0 Å². The molecule has 0 fully saturated rings. The minimum absolute atomic E-state index is 0.156. The Morgan fingerprint density at radius 2 is 2.07 bits per heavy atom. The van der Waals surface area contributed by atoms with E-state index in [1.54, 1.807) is 6.20 Å². The first-order chi connectivity index (χ1) is 13.0. The van der Waals surface area contributed by atoms with Crippen molar-refractivity contribution in [2.24, 2.45) is 12.0 Å². The second-order valence-corrected chi connectivity index (χ2v) is 6.77. The van der Waals surface area contributed by atoms with E-state index in [0.717, 1.165) is 10.2 Å². The SMILES string of the molecule is Cn1c(=NC(=O)c2ccc(-n3ccnc3)c([N+](=O)[O-])c2)sc2ccccc21. The molecule has 0 N–H and O–H groups in total. The van der Waals surface area contributed by atoms with E-state index in [2.05, 4.69) is 9.98 Å². The lowest BCUT2D eigenvalue weighted by Crippen LogP contribution is -2.13. The van der Waals surface area contributed by atoms with Crippen LogP contribution in [0.4, 0.5) is 5.69 Å². The average Bonchev–Trinajstić information content (AvgIpc) is 3.30. The zero-order valence-electron chi connectivity index (χ0n) is 14.1. The summed E-state index contributed by atoms with van der Waals surface area (Å²) in [4.78, 5) is 32.1. The van der Waals surface area contributed by atoms with Gasteiger partial charge in [0.2, 0.25) is 0 Å². The lowest BCUT2D eigenvalue weighted by molar-refractivity contribution is -0.384. The van der Waals surface area contributed by atoms with Crippen molar-refractivity contribution in [3.05, 3.63) is 81.7 Å². The lowest BCUT2D eigenvalue weighted by atomic mass is 10.1. The quantitative estimate of drug-likeness (QED) is 0.404. The first kappa shape index (κ1) is 16.9. The van der Waals surface area contributed by atoms with Crippen LogP contribution in [-0.4, -0.2) is 24.9 Å². The van der Waals surface area contributed by atoms with Gasteiger partial charge in [-0.3, -0.25) is 14.9 Å². The lowest BCUT2D eigenvalue weighted by Gasteiger charge is -2.04. The Balaban J connectivity index is 1.79. The highest BCUT2D eigenvalue weighted by molar-refractivity contribution is 7.16. The number of amides is 1. The number of carbonyl (C=O) groups is 1. The highest BCUT2D eigenvalue weighted by Gasteiger charge is 2.18. The van der Waals surface area contributed by atoms with Crippen molar-refractivity contribution in [3.63, 3.8) is 0 Å². The van der Waals surface area contributed by atoms with Crippen LogP contribution in [0.25, 0.3) is 15.9 Å². The van der Waals surface area contributed by atoms with Gasteiger partial charge in [-0.15, -0.1) is 0 Å². The Morgan fingerprint density at radius 3 is 2.78 bits per heavy atom. The number of rotatable bonds is 3. The van der Waals surface area contributed by atoms with E-state index in [9.17, 15) is 14.9 Å². The molecule has 0 aliphatic heterocycles. The van der Waals surface area contributed by atoms with Crippen molar-refractivity contribution in [3.8, 4) is 5.69 Å². The van der Waals surface area contributed by atoms with Gasteiger partial charge in [-0.1, -0.05) is 23.5 Å². The Labute approximate surface area is 156 Å². The van der Waals surface area contributed by atoms with Gasteiger partial charge in [-0.05, 0) is 24.3 Å². The first-order valence-electron chi connectivity index (χ1n) is 7.95. The number of thiazole rings is 1. The fraction of sp³-hybridized carbons (Fsp3) is 0.0556. The minimum Gasteiger partial charge on any atom is -0.319 e. The van der Waals surface area contributed by atoms with Gasteiger partial charge in [0.1, 0.15) is 5.69 Å². The van der Waals surface area contributed by atoms with E-state index < -0.39 is 10.8 Å². The fourth-order valence-corrected chi connectivity index (χ4v) is 3.78. The number of nitrogens with zero attached hydrogens (tertiary/aromatic N) is 5. The third-order valence-corrected chi connectivity index (χ3v) is 5.23. The molecule has 0 aliphatic carbocycles. The van der Waals surface area contributed by atoms with Gasteiger partial charge in [0.25, 0.3) is 11.6 Å². The largest absolute Gasteiger partial charge is 0.319 e. The van der Waals surface area contributed by atoms with E-state index >= 15 is 0 Å². The van der Waals surface area contributed by atoms with Crippen LogP contribution < -0.4 is 4.80 Å². The summed E-state index contributed by atoms with van der Waals surface area (Å²) in [5.41, 5.74) is 1.27. The predicted octanol–water partition coefficient (Wildman–Crippen LogP) is 3.07. The summed E-state index contributed by atoms with van der Waals surface area (Å²) in [5, 5.41) is 11.4. The van der Waals surface area contributed by atoms with E-state index in [0.29, 0.717) is 10.5 Å². The molecule has 1 amide bonds. The number of aryl methyl sites for hydroxylation is 1. The highest BCUT2D eigenvalue weighted by atomic mass is 32.1. The Kier molecular flexibility index (Phi) is 4.13. The number of fused-ring (bicyclic) bond motifs is 1. The number of nitro benzene ring substituents is 1. The summed E-state index contributed by atoms with van der Waals surface area (Å²) in [6.07, 6.45) is 4.59. The number of imidazole rings is 1. The molecular weight excluding hydrogens is 366 g/mol. The van der Waals surface area contributed by atoms with Crippen molar-refractivity contribution in [2.45, 2.75) is 0 Å². The van der Waals surface area contributed by atoms with Gasteiger partial charge in [0.05, 0.1) is 21.5 Å². The van der Waals surface area contributed by atoms with Crippen molar-refractivity contribution < 1.29 is 9.72 Å². The number of para-hydroxylation sites is 1. The summed E-state index contributed by atoms with van der Waals surface area (Å²) in [6, 6.07) is 12.0. The predicted molar refractivity (Wildman–Crippen MR) is 101 cm³/mol. The van der Waals surface area contributed by atoms with Gasteiger partial charge in [-0.25, -0.2) is 4.98 Å². The van der Waals surface area contributed by atoms with Crippen LogP contribution in [0.3, 0.4) is 0 Å². The normalized spacial score (nSPS) is 11.8. The smallest absolute Gasteiger partial charge is 0.294 e. The van der Waals surface area contributed by atoms with Crippen molar-refractivity contribution >= 4 is 33.1 Å². The Morgan fingerprint density at radius 1 is 1.26 bits per heavy atom. The summed E-state index contributed by atoms with van der Waals surface area (Å²) in [6.45, 7) is 0. The van der Waals surface area contributed by atoms with Gasteiger partial charge in [-0.2, -0.15) is 4.99 Å². The molecule has 0 spiro atoms. The molecule has 27 heavy (non-hydrogen) atoms. The van der Waals surface area contributed by atoms with Gasteiger partial charge < -0.3 is 9.13 Å². The van der Waals surface area contributed by atoms with E-state index in [1.807, 2.05) is 35.9 Å². The maximum atomic E-state index is 12.6. The van der Waals surface area contributed by atoms with Crippen LogP contribution >= 0.6 is 11.3 Å². The van der Waals surface area contributed by atoms with Crippen molar-refractivity contribution in [2.75, 3.05) is 0 Å². The monoisotopic (exact) mass is 379 g/mol. The van der Waals surface area contributed by atoms with Crippen LogP contribution in [0.2, 0.25) is 0 Å². The first-order valence-corrected chi connectivity index (χ1v) is 8.76. The van der Waals surface area contributed by atoms with Gasteiger partial charge in [0.15, 0.2) is 4.80 Å². The molecule has 134 valence electrons. The van der Waals surface area contributed by atoms with E-state index in [1.165, 1.54) is 46.6 Å². The van der Waals surface area contributed by atoms with Crippen molar-refractivity contribution in [1.82, 2.24) is 14.1 Å². The number of hydrogen-bond acceptors (Lipinski definition) is 5. The summed E-state index contributed by atoms with van der Waals surface area (Å²) >= 11 is 1.39. The maximum absolute atomic E-state index is 12.6. The zero-order valence-corrected chi connectivity index (χ0v) is 15.0. The molecule has 4 aromatic rings. The molecule has 0 bridgehead atoms. The molecular formula is C18H13N5O3S. The van der Waals surface area contributed by atoms with Crippen LogP contribution in [0.1, 0.15) is 10.4 Å². The van der Waals surface area contributed by atoms with Crippen LogP contribution in [0.15, 0.2) is 66.2 Å². The van der Waals surface area contributed by atoms with Gasteiger partial charge >= 0.3 is 0 Å². The van der Waals surface area contributed by atoms with E-state index in [4.69, 9.17) is 0 Å². The topological polar surface area (TPSA) is 95.3 Å². The second kappa shape index (κ2) is 6.61. The van der Waals surface area contributed by atoms with Crippen LogP contribution in [-0.2, 0) is 7.05 Å². The summed E-state index contributed by atoms with van der Waals surface area (Å²) in [5.74, 6) is -0.530. The Bertz CT molecular complexity index is 1240. The molecule has 2 heterocycles. The van der Waals surface area contributed by atoms with Crippen molar-refractivity contribution in [1.29, 1.82) is 0 Å². The molecule has 0 saturated heterocycles. The number of aromatic nitrogens is 3. The minimum atomic E-state index is -0.530. The molecule has 2 aromatic heterocycles. The molecule has 0 unspecified atom stereocenters. The third-order valence-electron chi connectivity index (χ3n) is 4.11. The number of hydrogen-bond donors (Lipinski definition) is 0. The van der Waals surface area contributed by atoms with Crippen LogP contribution in [0, 0.1) is 10.1 Å². The van der Waals surface area contributed by atoms with E-state index in [-0.39, 0.29) is 11.3 Å².